The van der Waals surface area contributed by atoms with E-state index in [1.807, 2.05) is 18.2 Å². The van der Waals surface area contributed by atoms with Crippen molar-refractivity contribution in [1.29, 1.82) is 0 Å². The number of hydrogen-bond donors (Lipinski definition) is 2. The van der Waals surface area contributed by atoms with Crippen molar-refractivity contribution in [2.45, 2.75) is 25.2 Å². The fourth-order valence-electron chi connectivity index (χ4n) is 2.08. The van der Waals surface area contributed by atoms with E-state index in [0.29, 0.717) is 0 Å². The summed E-state index contributed by atoms with van der Waals surface area (Å²) in [6.45, 7) is 0.268. The number of hydrogen-bond acceptors (Lipinski definition) is 4. The first-order valence-electron chi connectivity index (χ1n) is 5.98. The topological polar surface area (TPSA) is 87.1 Å². The Labute approximate surface area is 110 Å². The fourth-order valence-corrected chi connectivity index (χ4v) is 2.08. The molecular formula is C13H15NO5. The average Bonchev–Trinajstić information content (AvgIpc) is 2.79. The Morgan fingerprint density at radius 3 is 2.63 bits per heavy atom. The number of aliphatic hydroxyl groups is 1. The Kier molecular flexibility index (Phi) is 4.01. The van der Waals surface area contributed by atoms with Gasteiger partial charge in [0, 0.05) is 6.54 Å². The quantitative estimate of drug-likeness (QED) is 0.845. The van der Waals surface area contributed by atoms with Crippen LogP contribution in [-0.2, 0) is 16.1 Å². The molecule has 1 aliphatic rings. The molecule has 1 amide bonds. The Bertz CT molecular complexity index is 461. The van der Waals surface area contributed by atoms with Crippen molar-refractivity contribution in [3.63, 3.8) is 0 Å². The molecule has 1 aromatic rings. The number of amides is 1. The zero-order valence-corrected chi connectivity index (χ0v) is 10.2. The molecule has 0 radical (unpaired) electrons. The number of carboxylic acids is 1. The first-order valence-corrected chi connectivity index (χ1v) is 5.98. The summed E-state index contributed by atoms with van der Waals surface area (Å²) < 4.78 is 5.05. The van der Waals surface area contributed by atoms with Crippen LogP contribution in [0.3, 0.4) is 0 Å². The Morgan fingerprint density at radius 1 is 1.32 bits per heavy atom. The summed E-state index contributed by atoms with van der Waals surface area (Å²) >= 11 is 0. The third kappa shape index (κ3) is 3.03. The van der Waals surface area contributed by atoms with Crippen LogP contribution >= 0.6 is 0 Å². The van der Waals surface area contributed by atoms with Crippen LogP contribution in [-0.4, -0.2) is 45.9 Å². The van der Waals surface area contributed by atoms with Gasteiger partial charge in [0.05, 0.1) is 6.10 Å². The Balaban J connectivity index is 1.95. The molecule has 1 saturated heterocycles. The molecule has 19 heavy (non-hydrogen) atoms. The van der Waals surface area contributed by atoms with E-state index < -0.39 is 24.2 Å². The van der Waals surface area contributed by atoms with Crippen molar-refractivity contribution in [3.8, 4) is 0 Å². The molecule has 1 aromatic carbocycles. The summed E-state index contributed by atoms with van der Waals surface area (Å²) in [4.78, 5) is 23.9. The summed E-state index contributed by atoms with van der Waals surface area (Å²) in [6.07, 6.45) is -1.51. The number of carbonyl (C=O) groups excluding carboxylic acids is 1. The van der Waals surface area contributed by atoms with Gasteiger partial charge in [-0.1, -0.05) is 30.3 Å². The highest BCUT2D eigenvalue weighted by molar-refractivity contribution is 5.81. The minimum atomic E-state index is -1.22. The van der Waals surface area contributed by atoms with Crippen molar-refractivity contribution in [2.75, 3.05) is 6.54 Å². The van der Waals surface area contributed by atoms with E-state index in [1.165, 1.54) is 0 Å². The van der Waals surface area contributed by atoms with Crippen molar-refractivity contribution in [3.05, 3.63) is 35.9 Å². The van der Waals surface area contributed by atoms with E-state index in [2.05, 4.69) is 0 Å². The second kappa shape index (κ2) is 5.71. The summed E-state index contributed by atoms with van der Waals surface area (Å²) in [5, 5.41) is 18.5. The van der Waals surface area contributed by atoms with Crippen LogP contribution in [0.4, 0.5) is 4.79 Å². The third-order valence-corrected chi connectivity index (χ3v) is 3.06. The lowest BCUT2D eigenvalue weighted by Gasteiger charge is -2.22. The van der Waals surface area contributed by atoms with Crippen LogP contribution in [0.2, 0.25) is 0 Å². The molecule has 1 heterocycles. The highest BCUT2D eigenvalue weighted by Crippen LogP contribution is 2.19. The number of rotatable bonds is 3. The maximum Gasteiger partial charge on any atom is 0.410 e. The number of ether oxygens (including phenoxy) is 1. The molecule has 6 heteroatoms. The maximum atomic E-state index is 11.8. The van der Waals surface area contributed by atoms with Gasteiger partial charge in [-0.25, -0.2) is 9.59 Å². The van der Waals surface area contributed by atoms with Gasteiger partial charge >= 0.3 is 12.1 Å². The normalized spacial score (nSPS) is 22.3. The molecule has 0 aliphatic carbocycles. The van der Waals surface area contributed by atoms with Crippen LogP contribution < -0.4 is 0 Å². The van der Waals surface area contributed by atoms with E-state index >= 15 is 0 Å². The molecule has 2 atom stereocenters. The number of carboxylic acid groups (broad SMARTS) is 1. The van der Waals surface area contributed by atoms with Crippen molar-refractivity contribution < 1.29 is 24.5 Å². The van der Waals surface area contributed by atoms with E-state index in [1.54, 1.807) is 12.1 Å². The van der Waals surface area contributed by atoms with Gasteiger partial charge in [0.1, 0.15) is 6.61 Å². The van der Waals surface area contributed by atoms with Gasteiger partial charge in [-0.05, 0) is 12.0 Å². The highest BCUT2D eigenvalue weighted by atomic mass is 16.6. The molecule has 0 aromatic heterocycles. The average molecular weight is 265 g/mol. The summed E-state index contributed by atoms with van der Waals surface area (Å²) in [5.41, 5.74) is 0.822. The second-order valence-electron chi connectivity index (χ2n) is 4.37. The van der Waals surface area contributed by atoms with Gasteiger partial charge in [0.2, 0.25) is 0 Å². The number of benzene rings is 1. The molecule has 0 saturated carbocycles. The summed E-state index contributed by atoms with van der Waals surface area (Å²) in [5.74, 6) is -1.22. The molecule has 6 nitrogen and oxygen atoms in total. The number of aliphatic carboxylic acids is 1. The number of likely N-dealkylation sites (tertiary alicyclic amines) is 1. The van der Waals surface area contributed by atoms with E-state index in [0.717, 1.165) is 10.5 Å². The summed E-state index contributed by atoms with van der Waals surface area (Å²) in [6, 6.07) is 7.89. The lowest BCUT2D eigenvalue weighted by atomic mass is 10.2. The molecule has 0 unspecified atom stereocenters. The molecule has 102 valence electrons. The van der Waals surface area contributed by atoms with Crippen molar-refractivity contribution in [2.24, 2.45) is 0 Å². The molecule has 0 bridgehead atoms. The van der Waals surface area contributed by atoms with Gasteiger partial charge in [-0.3, -0.25) is 4.90 Å². The molecule has 2 N–H and O–H groups in total. The molecule has 1 fully saturated rings. The van der Waals surface area contributed by atoms with Crippen molar-refractivity contribution >= 4 is 12.1 Å². The van der Waals surface area contributed by atoms with Gasteiger partial charge in [0.25, 0.3) is 0 Å². The number of carbonyl (C=O) groups is 2. The monoisotopic (exact) mass is 265 g/mol. The SMILES string of the molecule is O=C(O)[C@@H]1[C@@H](O)CCN1C(=O)OCc1ccccc1. The zero-order valence-electron chi connectivity index (χ0n) is 10.2. The van der Waals surface area contributed by atoms with Crippen LogP contribution in [0.5, 0.6) is 0 Å². The minimum absolute atomic E-state index is 0.0820. The van der Waals surface area contributed by atoms with E-state index in [4.69, 9.17) is 9.84 Å². The van der Waals surface area contributed by atoms with Crippen molar-refractivity contribution in [1.82, 2.24) is 4.90 Å². The van der Waals surface area contributed by atoms with E-state index in [9.17, 15) is 14.7 Å². The minimum Gasteiger partial charge on any atom is -0.480 e. The zero-order chi connectivity index (χ0) is 13.8. The predicted molar refractivity (Wildman–Crippen MR) is 65.4 cm³/mol. The van der Waals surface area contributed by atoms with Crippen LogP contribution in [0.15, 0.2) is 30.3 Å². The Morgan fingerprint density at radius 2 is 2.00 bits per heavy atom. The largest absolute Gasteiger partial charge is 0.480 e. The van der Waals surface area contributed by atoms with E-state index in [-0.39, 0.29) is 19.6 Å². The molecule has 2 rings (SSSR count). The third-order valence-electron chi connectivity index (χ3n) is 3.06. The molecule has 1 aliphatic heterocycles. The van der Waals surface area contributed by atoms with Gasteiger partial charge in [-0.15, -0.1) is 0 Å². The number of nitrogens with zero attached hydrogens (tertiary/aromatic N) is 1. The molecular weight excluding hydrogens is 250 g/mol. The maximum absolute atomic E-state index is 11.8. The van der Waals surface area contributed by atoms with Crippen LogP contribution in [0.1, 0.15) is 12.0 Å². The Hall–Kier alpha value is -2.08. The second-order valence-corrected chi connectivity index (χ2v) is 4.37. The van der Waals surface area contributed by atoms with Gasteiger partial charge in [0.15, 0.2) is 6.04 Å². The number of aliphatic hydroxyl groups excluding tert-OH is 1. The predicted octanol–water partition coefficient (Wildman–Crippen LogP) is 0.843. The lowest BCUT2D eigenvalue weighted by Crippen LogP contribution is -2.45. The highest BCUT2D eigenvalue weighted by Gasteiger charge is 2.41. The smallest absolute Gasteiger partial charge is 0.410 e. The fraction of sp³-hybridized carbons (Fsp3) is 0.385. The summed E-state index contributed by atoms with van der Waals surface area (Å²) in [7, 11) is 0. The first kappa shape index (κ1) is 13.4. The van der Waals surface area contributed by atoms with Gasteiger partial charge < -0.3 is 14.9 Å². The lowest BCUT2D eigenvalue weighted by molar-refractivity contribution is -0.144. The van der Waals surface area contributed by atoms with Crippen LogP contribution in [0, 0.1) is 0 Å². The first-order chi connectivity index (χ1) is 9.09. The molecule has 0 spiro atoms. The van der Waals surface area contributed by atoms with Crippen LogP contribution in [0.25, 0.3) is 0 Å². The standard InChI is InChI=1S/C13H15NO5/c15-10-6-7-14(11(10)12(16)17)13(18)19-8-9-4-2-1-3-5-9/h1-5,10-11,15H,6-8H2,(H,16,17)/t10-,11-/m0/s1. The van der Waals surface area contributed by atoms with Gasteiger partial charge in [-0.2, -0.15) is 0 Å².